The molecule has 3 heterocycles. The zero-order valence-corrected chi connectivity index (χ0v) is 12.1. The molecule has 0 aliphatic carbocycles. The second-order valence-corrected chi connectivity index (χ2v) is 5.70. The molecule has 2 aromatic heterocycles. The molecule has 1 amide bonds. The lowest BCUT2D eigenvalue weighted by Gasteiger charge is -2.09. The molecule has 2 N–H and O–H groups in total. The Bertz CT molecular complexity index is 709. The summed E-state index contributed by atoms with van der Waals surface area (Å²) in [4.78, 5) is 25.0. The van der Waals surface area contributed by atoms with Crippen LogP contribution in [0.4, 0.5) is 9.80 Å². The zero-order valence-electron chi connectivity index (χ0n) is 11.3. The molecule has 1 aliphatic heterocycles. The van der Waals surface area contributed by atoms with Gasteiger partial charge in [0.05, 0.1) is 13.1 Å². The molecular weight excluding hydrogens is 290 g/mol. The van der Waals surface area contributed by atoms with Gasteiger partial charge < -0.3 is 15.0 Å². The molecule has 0 radical (unpaired) electrons. The second kappa shape index (κ2) is 5.71. The second-order valence-electron chi connectivity index (χ2n) is 4.81. The quantitative estimate of drug-likeness (QED) is 0.922. The summed E-state index contributed by atoms with van der Waals surface area (Å²) in [5.74, 6) is 0. The van der Waals surface area contributed by atoms with Gasteiger partial charge in [0.2, 0.25) is 0 Å². The molecule has 2 aromatic rings. The first-order valence-electron chi connectivity index (χ1n) is 6.58. The molecule has 110 valence electrons. The number of nitrogens with two attached hydrogens (primary N) is 1. The van der Waals surface area contributed by atoms with Crippen LogP contribution in [0.3, 0.4) is 0 Å². The molecule has 0 spiro atoms. The highest BCUT2D eigenvalue weighted by Crippen LogP contribution is 2.29. The number of aromatic nitrogens is 1. The smallest absolute Gasteiger partial charge is 0.415 e. The van der Waals surface area contributed by atoms with Crippen LogP contribution < -0.4 is 16.2 Å². The summed E-state index contributed by atoms with van der Waals surface area (Å²) >= 11 is 1.46. The van der Waals surface area contributed by atoms with Crippen molar-refractivity contribution < 1.29 is 9.53 Å². The largest absolute Gasteiger partial charge is 0.443 e. The van der Waals surface area contributed by atoms with Crippen LogP contribution >= 0.6 is 11.3 Å². The lowest BCUT2D eigenvalue weighted by molar-refractivity contribution is 0.145. The van der Waals surface area contributed by atoms with Crippen molar-refractivity contribution >= 4 is 22.4 Å². The molecule has 3 rings (SSSR count). The molecule has 0 saturated carbocycles. The molecule has 1 atom stereocenters. The molecule has 6 nitrogen and oxygen atoms in total. The average molecular weight is 305 g/mol. The lowest BCUT2D eigenvalue weighted by atomic mass is 10.3. The van der Waals surface area contributed by atoms with Gasteiger partial charge in [0.25, 0.3) is 5.56 Å². The fraction of sp³-hybridized carbons (Fsp3) is 0.286. The Morgan fingerprint density at radius 1 is 1.38 bits per heavy atom. The number of anilines is 1. The van der Waals surface area contributed by atoms with Gasteiger partial charge in [-0.3, -0.25) is 9.69 Å². The predicted octanol–water partition coefficient (Wildman–Crippen LogP) is 1.24. The van der Waals surface area contributed by atoms with Gasteiger partial charge in [0, 0.05) is 18.8 Å². The standard InChI is InChI=1S/C14H15N3O3S/c15-6-11-8-17(14(19)20-11)13-5-10(9-21-13)7-16-4-2-1-3-12(16)18/h1-5,9,11H,6-8,15H2/t11-/m0/s1. The van der Waals surface area contributed by atoms with Crippen molar-refractivity contribution in [1.82, 2.24) is 4.57 Å². The van der Waals surface area contributed by atoms with Gasteiger partial charge in [-0.15, -0.1) is 11.3 Å². The van der Waals surface area contributed by atoms with Gasteiger partial charge in [-0.2, -0.15) is 0 Å². The summed E-state index contributed by atoms with van der Waals surface area (Å²) in [5, 5.41) is 2.76. The fourth-order valence-corrected chi connectivity index (χ4v) is 3.11. The van der Waals surface area contributed by atoms with Crippen LogP contribution in [-0.2, 0) is 11.3 Å². The Morgan fingerprint density at radius 3 is 2.95 bits per heavy atom. The number of hydrogen-bond acceptors (Lipinski definition) is 5. The van der Waals surface area contributed by atoms with Crippen LogP contribution in [-0.4, -0.2) is 29.9 Å². The Kier molecular flexibility index (Phi) is 3.76. The molecule has 1 fully saturated rings. The highest BCUT2D eigenvalue weighted by Gasteiger charge is 2.32. The van der Waals surface area contributed by atoms with Crippen LogP contribution in [0.5, 0.6) is 0 Å². The zero-order chi connectivity index (χ0) is 14.8. The summed E-state index contributed by atoms with van der Waals surface area (Å²) in [6.45, 7) is 1.28. The predicted molar refractivity (Wildman–Crippen MR) is 80.8 cm³/mol. The number of hydrogen-bond donors (Lipinski definition) is 1. The lowest BCUT2D eigenvalue weighted by Crippen LogP contribution is -2.26. The van der Waals surface area contributed by atoms with E-state index in [1.807, 2.05) is 17.5 Å². The topological polar surface area (TPSA) is 77.6 Å². The number of amides is 1. The molecule has 0 unspecified atom stereocenters. The van der Waals surface area contributed by atoms with Gasteiger partial charge in [-0.1, -0.05) is 6.07 Å². The first-order chi connectivity index (χ1) is 10.2. The highest BCUT2D eigenvalue weighted by atomic mass is 32.1. The van der Waals surface area contributed by atoms with Crippen LogP contribution in [0, 0.1) is 0 Å². The van der Waals surface area contributed by atoms with Crippen molar-refractivity contribution in [1.29, 1.82) is 0 Å². The van der Waals surface area contributed by atoms with Crippen molar-refractivity contribution in [3.8, 4) is 0 Å². The van der Waals surface area contributed by atoms with Crippen LogP contribution in [0.25, 0.3) is 0 Å². The van der Waals surface area contributed by atoms with Crippen LogP contribution in [0.1, 0.15) is 5.56 Å². The molecular formula is C14H15N3O3S. The normalized spacial score (nSPS) is 18.0. The molecule has 1 saturated heterocycles. The van der Waals surface area contributed by atoms with Gasteiger partial charge in [0.1, 0.15) is 11.1 Å². The fourth-order valence-electron chi connectivity index (χ4n) is 2.20. The van der Waals surface area contributed by atoms with Crippen molar-refractivity contribution in [2.24, 2.45) is 5.73 Å². The SMILES string of the molecule is NC[C@H]1CN(c2cc(Cn3ccccc3=O)cs2)C(=O)O1. The van der Waals surface area contributed by atoms with E-state index in [4.69, 9.17) is 10.5 Å². The van der Waals surface area contributed by atoms with E-state index < -0.39 is 0 Å². The molecule has 1 aliphatic rings. The number of pyridine rings is 1. The van der Waals surface area contributed by atoms with Crippen LogP contribution in [0.2, 0.25) is 0 Å². The Balaban J connectivity index is 1.77. The van der Waals surface area contributed by atoms with Crippen molar-refractivity contribution in [2.45, 2.75) is 12.6 Å². The van der Waals surface area contributed by atoms with Gasteiger partial charge in [-0.05, 0) is 23.1 Å². The summed E-state index contributed by atoms with van der Waals surface area (Å²) in [6, 6.07) is 6.96. The van der Waals surface area contributed by atoms with E-state index in [9.17, 15) is 9.59 Å². The van der Waals surface area contributed by atoms with E-state index in [2.05, 4.69) is 0 Å². The Hall–Kier alpha value is -2.12. The first-order valence-corrected chi connectivity index (χ1v) is 7.46. The maximum Gasteiger partial charge on any atom is 0.415 e. The summed E-state index contributed by atoms with van der Waals surface area (Å²) in [7, 11) is 0. The number of cyclic esters (lactones) is 1. The van der Waals surface area contributed by atoms with E-state index in [1.165, 1.54) is 17.4 Å². The minimum absolute atomic E-state index is 0.0472. The number of carbonyl (C=O) groups excluding carboxylic acids is 1. The van der Waals surface area contributed by atoms with Gasteiger partial charge in [0.15, 0.2) is 0 Å². The molecule has 0 bridgehead atoms. The Morgan fingerprint density at radius 2 is 2.24 bits per heavy atom. The summed E-state index contributed by atoms with van der Waals surface area (Å²) in [5.41, 5.74) is 6.45. The average Bonchev–Trinajstić information content (AvgIpc) is 3.07. The number of carbonyl (C=O) groups is 1. The number of thiophene rings is 1. The molecule has 21 heavy (non-hydrogen) atoms. The van der Waals surface area contributed by atoms with E-state index in [-0.39, 0.29) is 17.8 Å². The number of ether oxygens (including phenoxy) is 1. The van der Waals surface area contributed by atoms with Crippen LogP contribution in [0.15, 0.2) is 40.6 Å². The van der Waals surface area contributed by atoms with E-state index in [0.29, 0.717) is 19.6 Å². The van der Waals surface area contributed by atoms with Crippen molar-refractivity contribution in [3.05, 3.63) is 51.8 Å². The Labute approximate surface area is 125 Å². The van der Waals surface area contributed by atoms with E-state index in [0.717, 1.165) is 10.6 Å². The first kappa shape index (κ1) is 13.8. The maximum atomic E-state index is 11.8. The summed E-state index contributed by atoms with van der Waals surface area (Å²) in [6.07, 6.45) is 1.13. The summed E-state index contributed by atoms with van der Waals surface area (Å²) < 4.78 is 6.76. The minimum atomic E-state index is -0.365. The third kappa shape index (κ3) is 2.84. The minimum Gasteiger partial charge on any atom is -0.443 e. The maximum absolute atomic E-state index is 11.8. The molecule has 7 heteroatoms. The van der Waals surface area contributed by atoms with E-state index in [1.54, 1.807) is 21.7 Å². The molecule has 0 aromatic carbocycles. The number of rotatable bonds is 4. The third-order valence-corrected chi connectivity index (χ3v) is 4.30. The van der Waals surface area contributed by atoms with Crippen molar-refractivity contribution in [2.75, 3.05) is 18.0 Å². The van der Waals surface area contributed by atoms with Gasteiger partial charge >= 0.3 is 6.09 Å². The van der Waals surface area contributed by atoms with Crippen molar-refractivity contribution in [3.63, 3.8) is 0 Å². The van der Waals surface area contributed by atoms with Gasteiger partial charge in [-0.25, -0.2) is 4.79 Å². The monoisotopic (exact) mass is 305 g/mol. The highest BCUT2D eigenvalue weighted by molar-refractivity contribution is 7.14. The third-order valence-electron chi connectivity index (χ3n) is 3.29. The van der Waals surface area contributed by atoms with E-state index >= 15 is 0 Å². The number of nitrogens with zero attached hydrogens (tertiary/aromatic N) is 2.